The molecule has 0 aliphatic carbocycles. The number of rotatable bonds is 0. The van der Waals surface area contributed by atoms with Gasteiger partial charge in [-0.3, -0.25) is 4.70 Å². The summed E-state index contributed by atoms with van der Waals surface area (Å²) >= 11 is -2.00. The molecule has 0 aromatic rings. The molecule has 0 saturated heterocycles. The molecule has 0 rings (SSSR count). The fourth-order valence-corrected chi connectivity index (χ4v) is 0. The van der Waals surface area contributed by atoms with Crippen molar-refractivity contribution in [2.24, 2.45) is 0 Å². The molecule has 25 valence electrons. The molecule has 2 nitrogen and oxygen atoms in total. The Morgan fingerprint density at radius 3 is 1.60 bits per heavy atom. The Hall–Kier alpha value is 1.88. The summed E-state index contributed by atoms with van der Waals surface area (Å²) < 4.78 is 17.0. The third kappa shape index (κ3) is 25.1. The molecule has 5 heavy (non-hydrogen) atoms. The largest absolute Gasteiger partial charge is 1.00 e. The molecule has 0 N–H and O–H groups in total. The van der Waals surface area contributed by atoms with E-state index in [-0.39, 0.29) is 62.9 Å². The third-order valence-corrected chi connectivity index (χ3v) is 0. The summed E-state index contributed by atoms with van der Waals surface area (Å²) in [6.45, 7) is 0. The summed E-state index contributed by atoms with van der Waals surface area (Å²) in [4.78, 5) is 0. The van der Waals surface area contributed by atoms with Crippen LogP contribution in [0.1, 0.15) is 0 Å². The Morgan fingerprint density at radius 1 is 1.60 bits per heavy atom. The van der Waals surface area contributed by atoms with Crippen molar-refractivity contribution in [3.05, 3.63) is 0 Å². The van der Waals surface area contributed by atoms with Crippen molar-refractivity contribution in [3.63, 3.8) is 0 Å². The molecule has 0 saturated carbocycles. The zero-order chi connectivity index (χ0) is 2.71. The molecular formula is HFGeO2Rb. The molecule has 0 amide bonds. The van der Waals surface area contributed by atoms with Gasteiger partial charge in [-0.25, -0.2) is 0 Å². The molecule has 0 heterocycles. The van der Waals surface area contributed by atoms with Crippen LogP contribution in [0.25, 0.3) is 0 Å². The number of hydrogen-bond acceptors (Lipinski definition) is 2. The van der Waals surface area contributed by atoms with Gasteiger partial charge >= 0.3 is 81.8 Å². The molecule has 0 aromatic carbocycles. The predicted molar refractivity (Wildman–Crippen MR) is 8.94 cm³/mol. The van der Waals surface area contributed by atoms with Crippen LogP contribution < -0.4 is 62.3 Å². The van der Waals surface area contributed by atoms with Crippen molar-refractivity contribution in [2.75, 3.05) is 0 Å². The molecule has 5 heteroatoms. The summed E-state index contributed by atoms with van der Waals surface area (Å²) in [6, 6.07) is 0. The maximum absolute atomic E-state index is 8.50. The van der Waals surface area contributed by atoms with Gasteiger partial charge in [-0.15, -0.1) is 0 Å². The van der Waals surface area contributed by atoms with E-state index in [9.17, 15) is 0 Å². The van der Waals surface area contributed by atoms with Gasteiger partial charge in [0.1, 0.15) is 0 Å². The summed E-state index contributed by atoms with van der Waals surface area (Å²) in [5.74, 6) is 0. The van der Waals surface area contributed by atoms with Crippen LogP contribution in [0.2, 0.25) is 0 Å². The van der Waals surface area contributed by atoms with Crippen LogP contribution in [0.3, 0.4) is 0 Å². The van der Waals surface area contributed by atoms with Crippen molar-refractivity contribution in [1.29, 1.82) is 0 Å². The first kappa shape index (κ1) is 15.8. The summed E-state index contributed by atoms with van der Waals surface area (Å²) in [5.41, 5.74) is 0. The average Bonchev–Trinajstić information content (AvgIpc) is 0.918. The quantitative estimate of drug-likeness (QED) is 0.378. The van der Waals surface area contributed by atoms with Gasteiger partial charge in [0, 0.05) is 0 Å². The van der Waals surface area contributed by atoms with Gasteiger partial charge in [-0.1, -0.05) is 0 Å². The minimum Gasteiger partial charge on any atom is 1.00 e. The van der Waals surface area contributed by atoms with Crippen LogP contribution in [0.5, 0.6) is 0 Å². The molecule has 0 unspecified atom stereocenters. The van der Waals surface area contributed by atoms with Crippen molar-refractivity contribution < 1.29 is 70.8 Å². The Balaban J connectivity index is -0.0000000200. The van der Waals surface area contributed by atoms with Gasteiger partial charge in [0.2, 0.25) is 0 Å². The summed E-state index contributed by atoms with van der Waals surface area (Å²) in [7, 11) is 0. The molecule has 0 bridgehead atoms. The Bertz CT molecular complexity index is 17.1. The first-order valence-electron chi connectivity index (χ1n) is 0.408. The normalized spacial score (nSPS) is 2.40. The minimum absolute atomic E-state index is 0. The van der Waals surface area contributed by atoms with Crippen molar-refractivity contribution >= 4 is 15.7 Å². The van der Waals surface area contributed by atoms with E-state index in [0.29, 0.717) is 0 Å². The van der Waals surface area contributed by atoms with Crippen LogP contribution in [-0.4, -0.2) is 15.7 Å². The topological polar surface area (TPSA) is 40.1 Å². The third-order valence-electron chi connectivity index (χ3n) is 0. The van der Waals surface area contributed by atoms with E-state index >= 15 is 0 Å². The van der Waals surface area contributed by atoms with Crippen LogP contribution in [0.15, 0.2) is 0 Å². The maximum atomic E-state index is 8.50. The van der Waals surface area contributed by atoms with Gasteiger partial charge < -0.3 is 0 Å². The standard InChI is InChI=1S/FH.GeO2.Rb/c;2-1-3;/h1H;;/q;-1;+1. The van der Waals surface area contributed by atoms with E-state index in [1.54, 1.807) is 0 Å². The molecule has 0 aliphatic rings. The van der Waals surface area contributed by atoms with Crippen LogP contribution in [0.4, 0.5) is 4.70 Å². The van der Waals surface area contributed by atoms with Crippen LogP contribution >= 0.6 is 0 Å². The molecular weight excluding hydrogens is 209 g/mol. The van der Waals surface area contributed by atoms with Crippen molar-refractivity contribution in [3.8, 4) is 0 Å². The van der Waals surface area contributed by atoms with Crippen molar-refractivity contribution in [2.45, 2.75) is 0 Å². The molecule has 0 aliphatic heterocycles. The van der Waals surface area contributed by atoms with Gasteiger partial charge in [-0.2, -0.15) is 0 Å². The Morgan fingerprint density at radius 2 is 1.60 bits per heavy atom. The molecule has 0 aromatic heterocycles. The van der Waals surface area contributed by atoms with Gasteiger partial charge in [0.25, 0.3) is 0 Å². The molecule has 0 atom stereocenters. The Kier molecular flexibility index (Phi) is 53.4. The summed E-state index contributed by atoms with van der Waals surface area (Å²) in [5, 5.41) is 0. The van der Waals surface area contributed by atoms with Gasteiger partial charge in [0.05, 0.1) is 0 Å². The predicted octanol–water partition coefficient (Wildman–Crippen LogP) is -4.53. The average molecular weight is 210 g/mol. The van der Waals surface area contributed by atoms with E-state index in [1.165, 1.54) is 0 Å². The number of halogens is 1. The second-order valence-corrected chi connectivity index (χ2v) is 0.433. The molecule has 0 spiro atoms. The Labute approximate surface area is 84.5 Å². The first-order chi connectivity index (χ1) is 1.41. The fraction of sp³-hybridized carbons (Fsp3) is 0. The first-order valence-corrected chi connectivity index (χ1v) is 2.12. The zero-order valence-corrected chi connectivity index (χ0v) is 9.74. The van der Waals surface area contributed by atoms with E-state index in [0.717, 1.165) is 0 Å². The molecule has 1 radical (unpaired) electrons. The zero-order valence-electron chi connectivity index (χ0n) is 2.72. The monoisotopic (exact) mass is 211 g/mol. The van der Waals surface area contributed by atoms with Crippen molar-refractivity contribution in [1.82, 2.24) is 0 Å². The smallest absolute Gasteiger partial charge is 1.00 e. The number of hydrogen-bond donors (Lipinski definition) is 0. The summed E-state index contributed by atoms with van der Waals surface area (Å²) in [6.07, 6.45) is 0. The second kappa shape index (κ2) is 16.9. The van der Waals surface area contributed by atoms with E-state index in [1.807, 2.05) is 0 Å². The van der Waals surface area contributed by atoms with Gasteiger partial charge in [0.15, 0.2) is 0 Å². The van der Waals surface area contributed by atoms with Crippen LogP contribution in [0, 0.1) is 0 Å². The minimum atomic E-state index is -2.00. The van der Waals surface area contributed by atoms with Crippen LogP contribution in [-0.2, 0) is 3.78 Å². The van der Waals surface area contributed by atoms with E-state index in [4.69, 9.17) is 7.91 Å². The van der Waals surface area contributed by atoms with E-state index in [2.05, 4.69) is 0 Å². The second-order valence-electron chi connectivity index (χ2n) is 0.0833. The van der Waals surface area contributed by atoms with Gasteiger partial charge in [-0.05, 0) is 0 Å². The SMILES string of the molecule is F.[O]=[Ge][O-].[Rb+]. The van der Waals surface area contributed by atoms with E-state index < -0.39 is 15.7 Å². The fourth-order valence-electron chi connectivity index (χ4n) is 0. The molecule has 0 fully saturated rings. The maximum Gasteiger partial charge on any atom is 1.00 e.